The van der Waals surface area contributed by atoms with Crippen LogP contribution in [0.25, 0.3) is 0 Å². The third-order valence-electron chi connectivity index (χ3n) is 5.82. The first-order valence-corrected chi connectivity index (χ1v) is 13.3. The van der Waals surface area contributed by atoms with Crippen molar-refractivity contribution in [1.82, 2.24) is 15.3 Å². The zero-order valence-electron chi connectivity index (χ0n) is 24.1. The van der Waals surface area contributed by atoms with E-state index < -0.39 is 47.4 Å². The number of amides is 2. The van der Waals surface area contributed by atoms with Crippen molar-refractivity contribution in [3.63, 3.8) is 0 Å². The van der Waals surface area contributed by atoms with Crippen LogP contribution in [0.5, 0.6) is 11.6 Å². The summed E-state index contributed by atoms with van der Waals surface area (Å²) in [4.78, 5) is 34.1. The van der Waals surface area contributed by atoms with E-state index >= 15 is 0 Å². The number of ether oxygens (including phenoxy) is 3. The van der Waals surface area contributed by atoms with Gasteiger partial charge in [0.1, 0.15) is 29.4 Å². The molecule has 0 spiro atoms. The molecule has 0 saturated heterocycles. The van der Waals surface area contributed by atoms with Crippen molar-refractivity contribution in [2.75, 3.05) is 5.32 Å². The van der Waals surface area contributed by atoms with E-state index in [-0.39, 0.29) is 35.0 Å². The van der Waals surface area contributed by atoms with Gasteiger partial charge in [0.15, 0.2) is 11.6 Å². The van der Waals surface area contributed by atoms with Gasteiger partial charge in [-0.1, -0.05) is 36.4 Å². The van der Waals surface area contributed by atoms with Gasteiger partial charge in [-0.15, -0.1) is 13.2 Å². The van der Waals surface area contributed by atoms with Crippen LogP contribution < -0.4 is 20.1 Å². The maximum absolute atomic E-state index is 14.8. The molecule has 4 rings (SSSR count). The van der Waals surface area contributed by atoms with Gasteiger partial charge in [0.25, 0.3) is 5.91 Å². The number of carbonyl (C=O) groups excluding carboxylic acids is 2. The molecule has 9 nitrogen and oxygen atoms in total. The summed E-state index contributed by atoms with van der Waals surface area (Å²) in [5, 5.41) is 5.00. The summed E-state index contributed by atoms with van der Waals surface area (Å²) in [6.07, 6.45) is -3.67. The molecule has 4 aromatic rings. The van der Waals surface area contributed by atoms with Crippen LogP contribution in [0.1, 0.15) is 54.0 Å². The number of anilines is 1. The summed E-state index contributed by atoms with van der Waals surface area (Å²) in [7, 11) is 0. The Bertz CT molecular complexity index is 1660. The molecule has 2 heterocycles. The molecule has 1 atom stereocenters. The van der Waals surface area contributed by atoms with Gasteiger partial charge in [0, 0.05) is 12.4 Å². The minimum Gasteiger partial charge on any atom is -0.471 e. The second kappa shape index (κ2) is 13.6. The number of aromatic nitrogens is 2. The molecule has 1 unspecified atom stereocenters. The molecule has 0 bridgehead atoms. The largest absolute Gasteiger partial charge is 0.573 e. The Hall–Kier alpha value is -5.27. The Kier molecular flexibility index (Phi) is 9.85. The first-order chi connectivity index (χ1) is 21.2. The fraction of sp³-hybridized carbons (Fsp3) is 0.226. The van der Waals surface area contributed by atoms with E-state index in [2.05, 4.69) is 25.3 Å². The normalized spacial score (nSPS) is 12.2. The number of carbonyl (C=O) groups is 2. The summed E-state index contributed by atoms with van der Waals surface area (Å²) in [6, 6.07) is 13.5. The quantitative estimate of drug-likeness (QED) is 0.190. The predicted octanol–water partition coefficient (Wildman–Crippen LogP) is 7.10. The molecule has 2 amide bonds. The molecule has 2 N–H and O–H groups in total. The molecule has 0 aliphatic rings. The molecule has 45 heavy (non-hydrogen) atoms. The number of halogens is 5. The van der Waals surface area contributed by atoms with Crippen molar-refractivity contribution in [3.8, 4) is 11.6 Å². The summed E-state index contributed by atoms with van der Waals surface area (Å²) < 4.78 is 82.2. The average molecular weight is 631 g/mol. The highest BCUT2D eigenvalue weighted by atomic mass is 19.4. The summed E-state index contributed by atoms with van der Waals surface area (Å²) >= 11 is 0. The molecule has 0 fully saturated rings. The van der Waals surface area contributed by atoms with Crippen LogP contribution in [0.15, 0.2) is 79.1 Å². The number of alkyl halides is 3. The first kappa shape index (κ1) is 32.6. The molecular formula is C31H27F5N4O5. The standard InChI is InChI=1S/C31H27F5N4O5/c1-30(2,3)45-29(42)39-23-15-20(16-38-28(23)43-17-18-8-5-4-6-9-18)27(41)40-25(26-21(32)10-7-13-37-26)19-11-12-24(22(33)14-19)44-31(34,35)36/h4-16,25H,17H2,1-3H3,(H,39,42)(H,40,41). The molecule has 0 aliphatic carbocycles. The summed E-state index contributed by atoms with van der Waals surface area (Å²) in [6.45, 7) is 5.04. The highest BCUT2D eigenvalue weighted by Gasteiger charge is 2.33. The topological polar surface area (TPSA) is 112 Å². The maximum atomic E-state index is 14.8. The smallest absolute Gasteiger partial charge is 0.471 e. The van der Waals surface area contributed by atoms with E-state index in [1.165, 1.54) is 18.3 Å². The van der Waals surface area contributed by atoms with Gasteiger partial charge in [-0.25, -0.2) is 18.6 Å². The van der Waals surface area contributed by atoms with Crippen LogP contribution in [0, 0.1) is 11.6 Å². The lowest BCUT2D eigenvalue weighted by molar-refractivity contribution is -0.275. The zero-order chi connectivity index (χ0) is 32.8. The predicted molar refractivity (Wildman–Crippen MR) is 151 cm³/mol. The van der Waals surface area contributed by atoms with Crippen molar-refractivity contribution in [1.29, 1.82) is 0 Å². The number of hydrogen-bond acceptors (Lipinski definition) is 7. The van der Waals surface area contributed by atoms with E-state index in [9.17, 15) is 31.5 Å². The lowest BCUT2D eigenvalue weighted by atomic mass is 10.0. The SMILES string of the molecule is CC(C)(C)OC(=O)Nc1cc(C(=O)NC(c2ccc(OC(F)(F)F)c(F)c2)c2ncccc2F)cnc1OCc1ccccc1. The Morgan fingerprint density at radius 3 is 2.29 bits per heavy atom. The monoisotopic (exact) mass is 630 g/mol. The van der Waals surface area contributed by atoms with Crippen molar-refractivity contribution < 1.29 is 45.8 Å². The third kappa shape index (κ3) is 9.36. The van der Waals surface area contributed by atoms with E-state index in [1.54, 1.807) is 20.8 Å². The Morgan fingerprint density at radius 2 is 1.64 bits per heavy atom. The molecule has 0 saturated carbocycles. The summed E-state index contributed by atoms with van der Waals surface area (Å²) in [5.74, 6) is -4.34. The molecule has 0 aliphatic heterocycles. The van der Waals surface area contributed by atoms with Gasteiger partial charge in [-0.05, 0) is 62.2 Å². The lowest BCUT2D eigenvalue weighted by Gasteiger charge is -2.21. The molecule has 2 aromatic heterocycles. The highest BCUT2D eigenvalue weighted by Crippen LogP contribution is 2.31. The molecule has 236 valence electrons. The number of rotatable bonds is 9. The van der Waals surface area contributed by atoms with Crippen LogP contribution in [-0.2, 0) is 11.3 Å². The highest BCUT2D eigenvalue weighted by molar-refractivity contribution is 5.97. The van der Waals surface area contributed by atoms with Gasteiger partial charge < -0.3 is 19.5 Å². The lowest BCUT2D eigenvalue weighted by Crippen LogP contribution is -2.31. The van der Waals surface area contributed by atoms with Crippen LogP contribution in [-0.4, -0.2) is 33.9 Å². The minimum atomic E-state index is -5.15. The maximum Gasteiger partial charge on any atom is 0.573 e. The number of pyridine rings is 2. The Labute approximate surface area is 254 Å². The minimum absolute atomic E-state index is 0.0342. The fourth-order valence-electron chi connectivity index (χ4n) is 3.96. The van der Waals surface area contributed by atoms with Crippen molar-refractivity contribution in [2.24, 2.45) is 0 Å². The zero-order valence-corrected chi connectivity index (χ0v) is 24.1. The molecule has 0 radical (unpaired) electrons. The number of hydrogen-bond donors (Lipinski definition) is 2. The van der Waals surface area contributed by atoms with E-state index in [1.807, 2.05) is 30.3 Å². The number of nitrogens with one attached hydrogen (secondary N) is 2. The fourth-order valence-corrected chi connectivity index (χ4v) is 3.96. The Balaban J connectivity index is 1.66. The number of benzene rings is 2. The van der Waals surface area contributed by atoms with Gasteiger partial charge in [0.2, 0.25) is 5.88 Å². The van der Waals surface area contributed by atoms with Crippen LogP contribution in [0.3, 0.4) is 0 Å². The van der Waals surface area contributed by atoms with E-state index in [0.29, 0.717) is 12.1 Å². The Morgan fingerprint density at radius 1 is 0.911 bits per heavy atom. The van der Waals surface area contributed by atoms with Crippen molar-refractivity contribution >= 4 is 17.7 Å². The van der Waals surface area contributed by atoms with Crippen molar-refractivity contribution in [2.45, 2.75) is 45.4 Å². The molecular weight excluding hydrogens is 603 g/mol. The van der Waals surface area contributed by atoms with Gasteiger partial charge in [-0.2, -0.15) is 0 Å². The summed E-state index contributed by atoms with van der Waals surface area (Å²) in [5.41, 5.74) is -0.731. The number of nitrogens with zero attached hydrogens (tertiary/aromatic N) is 2. The molecule has 14 heteroatoms. The van der Waals surface area contributed by atoms with Crippen LogP contribution in [0.4, 0.5) is 32.4 Å². The molecule has 2 aromatic carbocycles. The van der Waals surface area contributed by atoms with Crippen molar-refractivity contribution in [3.05, 3.63) is 113 Å². The van der Waals surface area contributed by atoms with Gasteiger partial charge in [-0.3, -0.25) is 15.1 Å². The van der Waals surface area contributed by atoms with Crippen LogP contribution in [0.2, 0.25) is 0 Å². The van der Waals surface area contributed by atoms with E-state index in [0.717, 1.165) is 23.9 Å². The van der Waals surface area contributed by atoms with E-state index in [4.69, 9.17) is 9.47 Å². The van der Waals surface area contributed by atoms with Gasteiger partial charge in [0.05, 0.1) is 11.6 Å². The van der Waals surface area contributed by atoms with Crippen LogP contribution >= 0.6 is 0 Å². The average Bonchev–Trinajstić information content (AvgIpc) is 2.95. The second-order valence-electron chi connectivity index (χ2n) is 10.5. The second-order valence-corrected chi connectivity index (χ2v) is 10.5. The third-order valence-corrected chi connectivity index (χ3v) is 5.82. The first-order valence-electron chi connectivity index (χ1n) is 13.3. The van der Waals surface area contributed by atoms with Gasteiger partial charge >= 0.3 is 12.5 Å².